The van der Waals surface area contributed by atoms with Crippen LogP contribution in [-0.4, -0.2) is 96.8 Å². The van der Waals surface area contributed by atoms with Crippen LogP contribution in [0.25, 0.3) is 0 Å². The molecule has 17 nitrogen and oxygen atoms in total. The van der Waals surface area contributed by atoms with Gasteiger partial charge in [-0.15, -0.1) is 0 Å². The molecule has 2 aromatic heterocycles. The van der Waals surface area contributed by atoms with E-state index in [1.807, 2.05) is 0 Å². The van der Waals surface area contributed by atoms with E-state index in [0.29, 0.717) is 11.4 Å². The van der Waals surface area contributed by atoms with Gasteiger partial charge in [-0.25, -0.2) is 14.8 Å². The molecule has 272 valence electrons. The Hall–Kier alpha value is -4.80. The van der Waals surface area contributed by atoms with Crippen LogP contribution in [0.15, 0.2) is 25.0 Å². The van der Waals surface area contributed by atoms with E-state index in [9.17, 15) is 33.9 Å². The third-order valence-electron chi connectivity index (χ3n) is 7.97. The number of carbonyl (C=O) groups is 6. The number of nitrogens with two attached hydrogens (primary N) is 1. The summed E-state index contributed by atoms with van der Waals surface area (Å²) in [4.78, 5) is 92.2. The van der Waals surface area contributed by atoms with Crippen molar-refractivity contribution in [1.29, 1.82) is 0 Å². The zero-order valence-corrected chi connectivity index (χ0v) is 29.4. The van der Waals surface area contributed by atoms with E-state index >= 15 is 0 Å². The number of hydrogen-bond acceptors (Lipinski definition) is 9. The Morgan fingerprint density at radius 2 is 0.959 bits per heavy atom. The maximum Gasteiger partial charge on any atom is 0.326 e. The number of aromatic nitrogens is 4. The van der Waals surface area contributed by atoms with Crippen LogP contribution in [-0.2, 0) is 41.6 Å². The minimum Gasteiger partial charge on any atom is -0.480 e. The quantitative estimate of drug-likeness (QED) is 0.0903. The number of nitrogens with one attached hydrogen (secondary N) is 7. The van der Waals surface area contributed by atoms with Crippen LogP contribution in [0.5, 0.6) is 0 Å². The predicted octanol–water partition coefficient (Wildman–Crippen LogP) is -0.622. The van der Waals surface area contributed by atoms with Crippen molar-refractivity contribution in [3.8, 4) is 0 Å². The van der Waals surface area contributed by atoms with Crippen LogP contribution < -0.4 is 32.3 Å². The van der Waals surface area contributed by atoms with Gasteiger partial charge in [-0.3, -0.25) is 24.0 Å². The van der Waals surface area contributed by atoms with Crippen LogP contribution in [0.1, 0.15) is 66.8 Å². The van der Waals surface area contributed by atoms with E-state index in [1.165, 1.54) is 25.0 Å². The molecule has 10 N–H and O–H groups in total. The molecule has 5 amide bonds. The molecule has 6 atom stereocenters. The minimum absolute atomic E-state index is 0.0554. The number of amides is 5. The Labute approximate surface area is 286 Å². The molecule has 2 heterocycles. The summed E-state index contributed by atoms with van der Waals surface area (Å²) in [6.07, 6.45) is 5.56. The Bertz CT molecular complexity index is 1390. The SMILES string of the molecule is CC(C)[C@H](N)C(=O)N[C@H](C(=O)N[C@H](C(=O)N[C@H](C(=O)N[C@@H](Cc1cnc[nH]1)C(=O)N[C@@H](Cc1cnc[nH]1)C(=O)O)C(C)C)C(C)C)C(C)C. The number of aliphatic carboxylic acids is 1. The molecule has 0 aromatic carbocycles. The molecule has 0 aliphatic carbocycles. The van der Waals surface area contributed by atoms with Crippen molar-refractivity contribution in [3.05, 3.63) is 36.4 Å². The molecule has 0 aliphatic rings. The summed E-state index contributed by atoms with van der Waals surface area (Å²) in [5.41, 5.74) is 6.95. The van der Waals surface area contributed by atoms with Crippen LogP contribution in [0.3, 0.4) is 0 Å². The minimum atomic E-state index is -1.33. The molecule has 0 saturated heterocycles. The second-order valence-corrected chi connectivity index (χ2v) is 13.5. The highest BCUT2D eigenvalue weighted by atomic mass is 16.4. The number of carboxylic acid groups (broad SMARTS) is 1. The molecule has 0 unspecified atom stereocenters. The standard InChI is InChI=1S/C32H52N10O7/c1-15(2)23(33)28(44)40-25(17(5)6)30(46)42-26(18(7)8)31(47)41-24(16(3)4)29(45)38-21(9-19-11-34-13-36-19)27(43)39-22(32(48)49)10-20-12-35-14-37-20/h11-18,21-26H,9-10,33H2,1-8H3,(H,34,36)(H,35,37)(H,38,45)(H,39,43)(H,40,44)(H,41,47)(H,42,46)(H,48,49)/t21-,22-,23-,24-,25-,26-/m0/s1. The van der Waals surface area contributed by atoms with Crippen molar-refractivity contribution in [3.63, 3.8) is 0 Å². The number of H-pyrrole nitrogens is 2. The first-order chi connectivity index (χ1) is 22.9. The molecular weight excluding hydrogens is 636 g/mol. The first-order valence-electron chi connectivity index (χ1n) is 16.4. The molecule has 2 aromatic rings. The summed E-state index contributed by atoms with van der Waals surface area (Å²) in [5, 5.41) is 23.0. The Morgan fingerprint density at radius 3 is 1.31 bits per heavy atom. The van der Waals surface area contributed by atoms with E-state index < -0.39 is 83.6 Å². The van der Waals surface area contributed by atoms with Crippen LogP contribution >= 0.6 is 0 Å². The number of carbonyl (C=O) groups excluding carboxylic acids is 5. The lowest BCUT2D eigenvalue weighted by atomic mass is 9.97. The number of rotatable bonds is 19. The highest BCUT2D eigenvalue weighted by Gasteiger charge is 2.36. The van der Waals surface area contributed by atoms with Crippen molar-refractivity contribution in [1.82, 2.24) is 46.5 Å². The van der Waals surface area contributed by atoms with Gasteiger partial charge in [0.25, 0.3) is 0 Å². The van der Waals surface area contributed by atoms with Gasteiger partial charge in [-0.2, -0.15) is 0 Å². The average Bonchev–Trinajstić information content (AvgIpc) is 3.73. The van der Waals surface area contributed by atoms with E-state index in [4.69, 9.17) is 5.73 Å². The number of nitrogens with zero attached hydrogens (tertiary/aromatic N) is 2. The number of carboxylic acids is 1. The second kappa shape index (κ2) is 18.7. The third kappa shape index (κ3) is 12.3. The third-order valence-corrected chi connectivity index (χ3v) is 7.97. The summed E-state index contributed by atoms with van der Waals surface area (Å²) >= 11 is 0. The van der Waals surface area contributed by atoms with Gasteiger partial charge in [0.05, 0.1) is 18.7 Å². The van der Waals surface area contributed by atoms with Gasteiger partial charge in [-0.05, 0) is 23.7 Å². The molecule has 0 radical (unpaired) electrons. The van der Waals surface area contributed by atoms with E-state index in [1.54, 1.807) is 55.4 Å². The van der Waals surface area contributed by atoms with Crippen molar-refractivity contribution >= 4 is 35.5 Å². The lowest BCUT2D eigenvalue weighted by molar-refractivity contribution is -0.142. The monoisotopic (exact) mass is 688 g/mol. The fourth-order valence-electron chi connectivity index (χ4n) is 4.82. The summed E-state index contributed by atoms with van der Waals surface area (Å²) < 4.78 is 0. The van der Waals surface area contributed by atoms with Gasteiger partial charge in [0.15, 0.2) is 0 Å². The first-order valence-corrected chi connectivity index (χ1v) is 16.4. The van der Waals surface area contributed by atoms with Crippen molar-refractivity contribution in [2.24, 2.45) is 29.4 Å². The lowest BCUT2D eigenvalue weighted by Crippen LogP contribution is -2.62. The number of imidazole rings is 2. The van der Waals surface area contributed by atoms with Gasteiger partial charge in [-0.1, -0.05) is 55.4 Å². The van der Waals surface area contributed by atoms with Crippen LogP contribution in [0.4, 0.5) is 0 Å². The molecule has 0 spiro atoms. The van der Waals surface area contributed by atoms with Crippen molar-refractivity contribution < 1.29 is 33.9 Å². The summed E-state index contributed by atoms with van der Waals surface area (Å²) in [5.74, 6) is -5.84. The zero-order valence-electron chi connectivity index (χ0n) is 29.4. The van der Waals surface area contributed by atoms with Gasteiger partial charge < -0.3 is 47.4 Å². The van der Waals surface area contributed by atoms with Crippen molar-refractivity contribution in [2.45, 2.75) is 104 Å². The smallest absolute Gasteiger partial charge is 0.326 e. The Balaban J connectivity index is 2.23. The predicted molar refractivity (Wildman–Crippen MR) is 179 cm³/mol. The lowest BCUT2D eigenvalue weighted by Gasteiger charge is -2.30. The zero-order chi connectivity index (χ0) is 37.0. The molecule has 0 fully saturated rings. The molecule has 49 heavy (non-hydrogen) atoms. The second-order valence-electron chi connectivity index (χ2n) is 13.5. The summed E-state index contributed by atoms with van der Waals surface area (Å²) in [6, 6.07) is -6.60. The Morgan fingerprint density at radius 1 is 0.592 bits per heavy atom. The number of hydrogen-bond donors (Lipinski definition) is 9. The molecule has 17 heteroatoms. The van der Waals surface area contributed by atoms with Gasteiger partial charge >= 0.3 is 5.97 Å². The van der Waals surface area contributed by atoms with Gasteiger partial charge in [0.1, 0.15) is 30.2 Å². The maximum absolute atomic E-state index is 13.7. The van der Waals surface area contributed by atoms with Gasteiger partial charge in [0, 0.05) is 36.6 Å². The topological polar surface area (TPSA) is 266 Å². The number of aromatic amines is 2. The fourth-order valence-corrected chi connectivity index (χ4v) is 4.82. The largest absolute Gasteiger partial charge is 0.480 e. The molecular formula is C32H52N10O7. The van der Waals surface area contributed by atoms with Gasteiger partial charge in [0.2, 0.25) is 29.5 Å². The molecule has 0 saturated carbocycles. The normalized spacial score (nSPS) is 15.2. The van der Waals surface area contributed by atoms with Crippen LogP contribution in [0.2, 0.25) is 0 Å². The summed E-state index contributed by atoms with van der Waals surface area (Å²) in [6.45, 7) is 13.9. The maximum atomic E-state index is 13.7. The fraction of sp³-hybridized carbons (Fsp3) is 0.625. The average molecular weight is 689 g/mol. The molecule has 2 rings (SSSR count). The first kappa shape index (κ1) is 40.4. The van der Waals surface area contributed by atoms with E-state index in [0.717, 1.165) is 0 Å². The molecule has 0 bridgehead atoms. The highest BCUT2D eigenvalue weighted by Crippen LogP contribution is 2.11. The van der Waals surface area contributed by atoms with Crippen LogP contribution in [0, 0.1) is 23.7 Å². The van der Waals surface area contributed by atoms with E-state index in [-0.39, 0.29) is 24.7 Å². The van der Waals surface area contributed by atoms with E-state index in [2.05, 4.69) is 46.5 Å². The highest BCUT2D eigenvalue weighted by molar-refractivity contribution is 5.96. The van der Waals surface area contributed by atoms with Crippen molar-refractivity contribution in [2.75, 3.05) is 0 Å². The Kier molecular flexibility index (Phi) is 15.4. The molecule has 0 aliphatic heterocycles. The summed E-state index contributed by atoms with van der Waals surface area (Å²) in [7, 11) is 0.